The minimum Gasteiger partial charge on any atom is -0.308 e. The van der Waals surface area contributed by atoms with E-state index in [0.717, 1.165) is 0 Å². The van der Waals surface area contributed by atoms with Gasteiger partial charge in [-0.25, -0.2) is 0 Å². The zero-order valence-electron chi connectivity index (χ0n) is 9.28. The fraction of sp³-hybridized carbons (Fsp3) is 0.889. The average Bonchev–Trinajstić information content (AvgIpc) is 2.17. The third kappa shape index (κ3) is 2.66. The van der Waals surface area contributed by atoms with E-state index in [2.05, 4.69) is 0 Å². The third-order valence-corrected chi connectivity index (χ3v) is 5.06. The standard InChI is InChI=1S/C9H19O4P/c1-5-9(4,8-10)14(11,12-6-2)13-7-3/h8H,5-7H2,1-4H3. The molecule has 5 heteroatoms. The molecule has 0 N–H and O–H groups in total. The molecule has 14 heavy (non-hydrogen) atoms. The Morgan fingerprint density at radius 2 is 1.64 bits per heavy atom. The highest BCUT2D eigenvalue weighted by Crippen LogP contribution is 2.60. The SMILES string of the molecule is CCOP(=O)(OCC)C(C)(C=O)CC. The first-order valence-electron chi connectivity index (χ1n) is 4.85. The van der Waals surface area contributed by atoms with Crippen LogP contribution >= 0.6 is 7.60 Å². The van der Waals surface area contributed by atoms with Gasteiger partial charge in [0.05, 0.1) is 13.2 Å². The molecule has 0 radical (unpaired) electrons. The van der Waals surface area contributed by atoms with Crippen molar-refractivity contribution in [3.63, 3.8) is 0 Å². The van der Waals surface area contributed by atoms with Gasteiger partial charge < -0.3 is 13.8 Å². The third-order valence-electron chi connectivity index (χ3n) is 2.19. The Kier molecular flexibility index (Phi) is 5.57. The van der Waals surface area contributed by atoms with Gasteiger partial charge in [-0.05, 0) is 27.2 Å². The lowest BCUT2D eigenvalue weighted by molar-refractivity contribution is -0.110. The molecule has 0 fully saturated rings. The van der Waals surface area contributed by atoms with Gasteiger partial charge in [0, 0.05) is 0 Å². The van der Waals surface area contributed by atoms with E-state index in [0.29, 0.717) is 12.7 Å². The second-order valence-electron chi connectivity index (χ2n) is 3.16. The normalized spacial score (nSPS) is 16.3. The maximum Gasteiger partial charge on any atom is 0.343 e. The van der Waals surface area contributed by atoms with E-state index in [1.165, 1.54) is 0 Å². The molecule has 0 aliphatic heterocycles. The molecular weight excluding hydrogens is 203 g/mol. The first-order valence-corrected chi connectivity index (χ1v) is 6.39. The molecule has 0 spiro atoms. The van der Waals surface area contributed by atoms with Crippen molar-refractivity contribution in [3.8, 4) is 0 Å². The second kappa shape index (κ2) is 5.64. The Bertz CT molecular complexity index is 219. The van der Waals surface area contributed by atoms with Crippen molar-refractivity contribution >= 4 is 13.9 Å². The minimum absolute atomic E-state index is 0.278. The van der Waals surface area contributed by atoms with E-state index in [9.17, 15) is 9.36 Å². The van der Waals surface area contributed by atoms with Gasteiger partial charge in [-0.1, -0.05) is 6.92 Å². The molecule has 0 aromatic rings. The lowest BCUT2D eigenvalue weighted by Gasteiger charge is -2.30. The molecule has 0 aliphatic rings. The molecule has 0 aromatic heterocycles. The molecule has 0 rings (SSSR count). The largest absolute Gasteiger partial charge is 0.343 e. The lowest BCUT2D eigenvalue weighted by atomic mass is 10.1. The fourth-order valence-corrected chi connectivity index (χ4v) is 2.87. The van der Waals surface area contributed by atoms with Crippen LogP contribution in [0.25, 0.3) is 0 Å². The van der Waals surface area contributed by atoms with Crippen LogP contribution < -0.4 is 0 Å². The Labute approximate surface area is 85.5 Å². The number of hydrogen-bond acceptors (Lipinski definition) is 4. The lowest BCUT2D eigenvalue weighted by Crippen LogP contribution is -2.28. The van der Waals surface area contributed by atoms with Crippen LogP contribution in [-0.2, 0) is 18.4 Å². The van der Waals surface area contributed by atoms with Gasteiger partial charge in [0.1, 0.15) is 11.4 Å². The minimum atomic E-state index is -3.31. The summed E-state index contributed by atoms with van der Waals surface area (Å²) in [7, 11) is -3.31. The molecular formula is C9H19O4P. The summed E-state index contributed by atoms with van der Waals surface area (Å²) in [6, 6.07) is 0. The van der Waals surface area contributed by atoms with Crippen molar-refractivity contribution in [2.45, 2.75) is 39.3 Å². The van der Waals surface area contributed by atoms with Crippen molar-refractivity contribution in [1.29, 1.82) is 0 Å². The summed E-state index contributed by atoms with van der Waals surface area (Å²) in [6.45, 7) is 7.41. The summed E-state index contributed by atoms with van der Waals surface area (Å²) in [4.78, 5) is 10.9. The molecule has 4 nitrogen and oxygen atoms in total. The summed E-state index contributed by atoms with van der Waals surface area (Å²) >= 11 is 0. The van der Waals surface area contributed by atoms with E-state index in [-0.39, 0.29) is 13.2 Å². The van der Waals surface area contributed by atoms with Gasteiger partial charge in [0.15, 0.2) is 0 Å². The quantitative estimate of drug-likeness (QED) is 0.490. The molecule has 0 saturated heterocycles. The van der Waals surface area contributed by atoms with Crippen molar-refractivity contribution in [1.82, 2.24) is 0 Å². The topological polar surface area (TPSA) is 52.6 Å². The molecule has 1 atom stereocenters. The van der Waals surface area contributed by atoms with Crippen LogP contribution in [-0.4, -0.2) is 24.7 Å². The highest BCUT2D eigenvalue weighted by atomic mass is 31.2. The first-order chi connectivity index (χ1) is 6.49. The van der Waals surface area contributed by atoms with Crippen LogP contribution in [0.2, 0.25) is 0 Å². The summed E-state index contributed by atoms with van der Waals surface area (Å²) in [6.07, 6.45) is 1.10. The number of rotatable bonds is 7. The second-order valence-corrected chi connectivity index (χ2v) is 5.69. The van der Waals surface area contributed by atoms with E-state index < -0.39 is 12.8 Å². The van der Waals surface area contributed by atoms with Crippen LogP contribution in [0.5, 0.6) is 0 Å². The van der Waals surface area contributed by atoms with E-state index in [1.54, 1.807) is 27.7 Å². The molecule has 0 bridgehead atoms. The van der Waals surface area contributed by atoms with E-state index in [1.807, 2.05) is 0 Å². The molecule has 0 aliphatic carbocycles. The monoisotopic (exact) mass is 222 g/mol. The molecule has 84 valence electrons. The Morgan fingerprint density at radius 1 is 1.21 bits per heavy atom. The molecule has 0 aromatic carbocycles. The van der Waals surface area contributed by atoms with Gasteiger partial charge in [0.25, 0.3) is 0 Å². The van der Waals surface area contributed by atoms with Crippen molar-refractivity contribution in [2.75, 3.05) is 13.2 Å². The van der Waals surface area contributed by atoms with Gasteiger partial charge in [-0.2, -0.15) is 0 Å². The van der Waals surface area contributed by atoms with Gasteiger partial charge in [-0.15, -0.1) is 0 Å². The van der Waals surface area contributed by atoms with Crippen molar-refractivity contribution in [3.05, 3.63) is 0 Å². The van der Waals surface area contributed by atoms with Crippen LogP contribution in [0.4, 0.5) is 0 Å². The summed E-state index contributed by atoms with van der Waals surface area (Å²) in [5.74, 6) is 0. The predicted molar refractivity (Wildman–Crippen MR) is 55.6 cm³/mol. The highest BCUT2D eigenvalue weighted by Gasteiger charge is 2.45. The molecule has 0 heterocycles. The number of carbonyl (C=O) groups excluding carboxylic acids is 1. The Hall–Kier alpha value is -0.180. The van der Waals surface area contributed by atoms with Gasteiger partial charge in [-0.3, -0.25) is 4.57 Å². The molecule has 0 amide bonds. The van der Waals surface area contributed by atoms with Crippen molar-refractivity contribution in [2.24, 2.45) is 0 Å². The fourth-order valence-electron chi connectivity index (χ4n) is 1.01. The number of hydrogen-bond donors (Lipinski definition) is 0. The molecule has 0 saturated carbocycles. The van der Waals surface area contributed by atoms with Crippen LogP contribution in [0.15, 0.2) is 0 Å². The average molecular weight is 222 g/mol. The highest BCUT2D eigenvalue weighted by molar-refractivity contribution is 7.56. The van der Waals surface area contributed by atoms with E-state index >= 15 is 0 Å². The maximum absolute atomic E-state index is 12.2. The van der Waals surface area contributed by atoms with E-state index in [4.69, 9.17) is 9.05 Å². The van der Waals surface area contributed by atoms with Crippen LogP contribution in [0, 0.1) is 0 Å². The Morgan fingerprint density at radius 3 is 1.86 bits per heavy atom. The summed E-state index contributed by atoms with van der Waals surface area (Å²) in [5, 5.41) is -1.03. The number of carbonyl (C=O) groups is 1. The predicted octanol–water partition coefficient (Wildman–Crippen LogP) is 2.62. The van der Waals surface area contributed by atoms with Gasteiger partial charge >= 0.3 is 7.60 Å². The zero-order chi connectivity index (χ0) is 11.2. The number of aldehydes is 1. The zero-order valence-corrected chi connectivity index (χ0v) is 10.2. The van der Waals surface area contributed by atoms with Crippen LogP contribution in [0.3, 0.4) is 0 Å². The van der Waals surface area contributed by atoms with Gasteiger partial charge in [0.2, 0.25) is 0 Å². The van der Waals surface area contributed by atoms with Crippen LogP contribution in [0.1, 0.15) is 34.1 Å². The maximum atomic E-state index is 12.2. The smallest absolute Gasteiger partial charge is 0.308 e. The summed E-state index contributed by atoms with van der Waals surface area (Å²) in [5.41, 5.74) is 0. The first kappa shape index (κ1) is 13.8. The Balaban J connectivity index is 4.95. The molecule has 1 unspecified atom stereocenters. The van der Waals surface area contributed by atoms with Crippen molar-refractivity contribution < 1.29 is 18.4 Å². The summed E-state index contributed by atoms with van der Waals surface area (Å²) < 4.78 is 22.5.